The third kappa shape index (κ3) is 4.41. The Bertz CT molecular complexity index is 1580. The molecule has 0 aliphatic heterocycles. The number of hydrazine groups is 1. The molecule has 4 aromatic carbocycles. The first-order chi connectivity index (χ1) is 15.0. The minimum atomic E-state index is -4.38. The molecule has 0 aliphatic rings. The van der Waals surface area contributed by atoms with Gasteiger partial charge in [-0.15, -0.1) is 0 Å². The fourth-order valence-electron chi connectivity index (χ4n) is 3.27. The van der Waals surface area contributed by atoms with Crippen molar-refractivity contribution in [3.63, 3.8) is 0 Å². The summed E-state index contributed by atoms with van der Waals surface area (Å²) < 4.78 is 64.1. The largest absolute Gasteiger partial charge is 0.294 e. The van der Waals surface area contributed by atoms with Crippen LogP contribution in [0.4, 0.5) is 11.4 Å². The highest BCUT2D eigenvalue weighted by atomic mass is 32.2. The minimum absolute atomic E-state index is 0.251. The highest BCUT2D eigenvalue weighted by Gasteiger charge is 2.13. The predicted molar refractivity (Wildman–Crippen MR) is 120 cm³/mol. The first-order valence-electron chi connectivity index (χ1n) is 9.08. The number of benzene rings is 4. The summed E-state index contributed by atoms with van der Waals surface area (Å²) in [5.41, 5.74) is 3.75. The molecule has 0 saturated carbocycles. The van der Waals surface area contributed by atoms with Crippen LogP contribution in [0.3, 0.4) is 0 Å². The van der Waals surface area contributed by atoms with Crippen LogP contribution in [0.2, 0.25) is 0 Å². The van der Waals surface area contributed by atoms with Gasteiger partial charge in [0.2, 0.25) is 6.41 Å². The fourth-order valence-corrected chi connectivity index (χ4v) is 4.30. The number of hydrogen-bond acceptors (Lipinski definition) is 6. The maximum Gasteiger partial charge on any atom is 0.294 e. The third-order valence-electron chi connectivity index (χ3n) is 4.84. The van der Waals surface area contributed by atoms with Crippen LogP contribution in [-0.2, 0) is 25.0 Å². The molecular weight excluding hydrogens is 456 g/mol. The van der Waals surface area contributed by atoms with Crippen molar-refractivity contribution in [1.29, 1.82) is 0 Å². The summed E-state index contributed by atoms with van der Waals surface area (Å²) in [4.78, 5) is 11.2. The zero-order chi connectivity index (χ0) is 23.1. The number of carbonyl (C=O) groups is 1. The van der Waals surface area contributed by atoms with Crippen LogP contribution in [-0.4, -0.2) is 32.4 Å². The van der Waals surface area contributed by atoms with Crippen LogP contribution in [0, 0.1) is 0 Å². The van der Waals surface area contributed by atoms with Crippen molar-refractivity contribution in [2.45, 2.75) is 9.79 Å². The SMILES string of the molecule is O=CN(Nc1ccc2ccc(S(=O)(=O)O)cc2c1)c1ccc2ccc(S(=O)(=O)O)cc2c1. The van der Waals surface area contributed by atoms with E-state index in [-0.39, 0.29) is 9.79 Å². The van der Waals surface area contributed by atoms with E-state index in [0.29, 0.717) is 33.9 Å². The smallest absolute Gasteiger partial charge is 0.292 e. The third-order valence-corrected chi connectivity index (χ3v) is 6.54. The normalized spacial score (nSPS) is 12.1. The van der Waals surface area contributed by atoms with Gasteiger partial charge in [-0.1, -0.05) is 24.3 Å². The number of anilines is 2. The number of carbonyl (C=O) groups excluding carboxylic acids is 1. The second-order valence-electron chi connectivity index (χ2n) is 6.95. The van der Waals surface area contributed by atoms with Gasteiger partial charge in [0.15, 0.2) is 0 Å². The van der Waals surface area contributed by atoms with Crippen LogP contribution < -0.4 is 10.4 Å². The molecular formula is C21H16N2O7S2. The number of fused-ring (bicyclic) bond motifs is 2. The highest BCUT2D eigenvalue weighted by molar-refractivity contribution is 7.86. The lowest BCUT2D eigenvalue weighted by molar-refractivity contribution is -0.107. The van der Waals surface area contributed by atoms with Crippen LogP contribution in [0.5, 0.6) is 0 Å². The first-order valence-corrected chi connectivity index (χ1v) is 12.0. The van der Waals surface area contributed by atoms with Gasteiger partial charge in [0.05, 0.1) is 21.2 Å². The van der Waals surface area contributed by atoms with E-state index in [1.54, 1.807) is 42.5 Å². The van der Waals surface area contributed by atoms with Crippen LogP contribution >= 0.6 is 0 Å². The Hall–Kier alpha value is -3.51. The molecule has 3 N–H and O–H groups in total. The second-order valence-corrected chi connectivity index (χ2v) is 9.80. The molecule has 4 aromatic rings. The monoisotopic (exact) mass is 472 g/mol. The zero-order valence-electron chi connectivity index (χ0n) is 16.2. The topological polar surface area (TPSA) is 141 Å². The Labute approximate surface area is 183 Å². The van der Waals surface area contributed by atoms with Crippen molar-refractivity contribution in [2.24, 2.45) is 0 Å². The molecule has 32 heavy (non-hydrogen) atoms. The lowest BCUT2D eigenvalue weighted by Crippen LogP contribution is -2.27. The standard InChI is InChI=1S/C21H16N2O7S2/c24-13-23(19-6-2-15-4-8-21(32(28,29)30)12-17(15)10-19)22-18-5-1-14-3-7-20(31(25,26)27)11-16(14)9-18/h1-13,22H,(H,25,26,27)(H,28,29,30). The van der Waals surface area contributed by atoms with E-state index in [4.69, 9.17) is 0 Å². The van der Waals surface area contributed by atoms with Crippen molar-refractivity contribution in [3.05, 3.63) is 72.8 Å². The van der Waals surface area contributed by atoms with Crippen LogP contribution in [0.1, 0.15) is 0 Å². The summed E-state index contributed by atoms with van der Waals surface area (Å²) in [5.74, 6) is 0. The van der Waals surface area contributed by atoms with Crippen molar-refractivity contribution in [3.8, 4) is 0 Å². The molecule has 9 nitrogen and oxygen atoms in total. The van der Waals surface area contributed by atoms with Gasteiger partial charge in [0.25, 0.3) is 20.2 Å². The Morgan fingerprint density at radius 2 is 1.16 bits per heavy atom. The Morgan fingerprint density at radius 3 is 1.69 bits per heavy atom. The Morgan fingerprint density at radius 1 is 0.656 bits per heavy atom. The van der Waals surface area contributed by atoms with Gasteiger partial charge in [-0.2, -0.15) is 16.8 Å². The maximum absolute atomic E-state index is 11.7. The summed E-state index contributed by atoms with van der Waals surface area (Å²) in [7, 11) is -8.74. The molecule has 164 valence electrons. The van der Waals surface area contributed by atoms with Gasteiger partial charge in [0.1, 0.15) is 0 Å². The summed E-state index contributed by atoms with van der Waals surface area (Å²) in [6, 6.07) is 18.2. The Balaban J connectivity index is 1.70. The lowest BCUT2D eigenvalue weighted by atomic mass is 10.1. The maximum atomic E-state index is 11.7. The van der Waals surface area contributed by atoms with E-state index < -0.39 is 20.2 Å². The summed E-state index contributed by atoms with van der Waals surface area (Å²) in [5, 5.41) is 3.60. The van der Waals surface area contributed by atoms with Crippen molar-refractivity contribution < 1.29 is 30.7 Å². The summed E-state index contributed by atoms with van der Waals surface area (Å²) >= 11 is 0. The van der Waals surface area contributed by atoms with E-state index in [1.165, 1.54) is 30.3 Å². The molecule has 0 unspecified atom stereocenters. The highest BCUT2D eigenvalue weighted by Crippen LogP contribution is 2.27. The molecule has 0 bridgehead atoms. The second kappa shape index (κ2) is 7.88. The van der Waals surface area contributed by atoms with Gasteiger partial charge >= 0.3 is 0 Å². The molecule has 4 rings (SSSR count). The van der Waals surface area contributed by atoms with E-state index in [9.17, 15) is 30.7 Å². The van der Waals surface area contributed by atoms with E-state index in [2.05, 4.69) is 5.43 Å². The lowest BCUT2D eigenvalue weighted by Gasteiger charge is -2.20. The molecule has 0 atom stereocenters. The quantitative estimate of drug-likeness (QED) is 0.220. The van der Waals surface area contributed by atoms with E-state index in [1.807, 2.05) is 0 Å². The van der Waals surface area contributed by atoms with Gasteiger partial charge < -0.3 is 0 Å². The van der Waals surface area contributed by atoms with Crippen molar-refractivity contribution >= 4 is 59.6 Å². The molecule has 1 amide bonds. The fraction of sp³-hybridized carbons (Fsp3) is 0. The Kier molecular flexibility index (Phi) is 5.34. The zero-order valence-corrected chi connectivity index (χ0v) is 17.8. The van der Waals surface area contributed by atoms with Gasteiger partial charge in [-0.25, -0.2) is 5.01 Å². The van der Waals surface area contributed by atoms with Gasteiger partial charge in [-0.3, -0.25) is 19.3 Å². The first kappa shape index (κ1) is 21.7. The minimum Gasteiger partial charge on any atom is -0.292 e. The van der Waals surface area contributed by atoms with Crippen molar-refractivity contribution in [1.82, 2.24) is 0 Å². The molecule has 0 heterocycles. The van der Waals surface area contributed by atoms with Gasteiger partial charge in [-0.05, 0) is 70.1 Å². The number of rotatable bonds is 6. The predicted octanol–water partition coefficient (Wildman–Crippen LogP) is 3.48. The number of amides is 1. The molecule has 0 saturated heterocycles. The molecule has 0 aromatic heterocycles. The average Bonchev–Trinajstić information content (AvgIpc) is 2.75. The van der Waals surface area contributed by atoms with Gasteiger partial charge in [0, 0.05) is 0 Å². The number of hydrogen-bond donors (Lipinski definition) is 3. The average molecular weight is 473 g/mol. The number of nitrogens with one attached hydrogen (secondary N) is 1. The number of nitrogens with zero attached hydrogens (tertiary/aromatic N) is 1. The molecule has 0 spiro atoms. The molecule has 0 fully saturated rings. The summed E-state index contributed by atoms with van der Waals surface area (Å²) in [6.07, 6.45) is 0.520. The van der Waals surface area contributed by atoms with Crippen LogP contribution in [0.15, 0.2) is 82.6 Å². The molecule has 11 heteroatoms. The van der Waals surface area contributed by atoms with E-state index >= 15 is 0 Å². The molecule has 0 radical (unpaired) electrons. The summed E-state index contributed by atoms with van der Waals surface area (Å²) in [6.45, 7) is 0. The van der Waals surface area contributed by atoms with Crippen LogP contribution in [0.25, 0.3) is 21.5 Å². The molecule has 0 aliphatic carbocycles. The van der Waals surface area contributed by atoms with Crippen molar-refractivity contribution in [2.75, 3.05) is 10.4 Å². The van der Waals surface area contributed by atoms with E-state index in [0.717, 1.165) is 10.4 Å².